The van der Waals surface area contributed by atoms with Crippen molar-refractivity contribution in [3.63, 3.8) is 0 Å². The molecule has 0 aromatic carbocycles. The van der Waals surface area contributed by atoms with Crippen molar-refractivity contribution < 1.29 is 64.4 Å². The molecule has 15 heavy (non-hydrogen) atoms. The molecule has 1 aliphatic carbocycles. The third-order valence-corrected chi connectivity index (χ3v) is 4.86. The Kier molecular flexibility index (Phi) is 7.82. The van der Waals surface area contributed by atoms with Crippen molar-refractivity contribution in [1.82, 2.24) is 0 Å². The average molecular weight is 258 g/mol. The van der Waals surface area contributed by atoms with Crippen LogP contribution in [0.3, 0.4) is 0 Å². The molecule has 3 nitrogen and oxygen atoms in total. The topological polar surface area (TPSA) is 57.2 Å². The normalized spacial score (nSPS) is 29.3. The predicted molar refractivity (Wildman–Crippen MR) is 54.9 cm³/mol. The average Bonchev–Trinajstić information content (AvgIpc) is 2.15. The molecular weight excluding hydrogens is 239 g/mol. The van der Waals surface area contributed by atoms with Crippen molar-refractivity contribution in [2.24, 2.45) is 11.8 Å². The second kappa shape index (κ2) is 7.09. The Hall–Kier alpha value is 1.55. The summed E-state index contributed by atoms with van der Waals surface area (Å²) in [5, 5.41) is -0.609. The van der Waals surface area contributed by atoms with Crippen molar-refractivity contribution >= 4 is 10.1 Å². The van der Waals surface area contributed by atoms with Crippen LogP contribution >= 0.6 is 0 Å². The summed E-state index contributed by atoms with van der Waals surface area (Å²) in [7, 11) is -4.03. The second-order valence-corrected chi connectivity index (χ2v) is 6.07. The zero-order valence-corrected chi connectivity index (χ0v) is 13.8. The van der Waals surface area contributed by atoms with Gasteiger partial charge in [0.1, 0.15) is 0 Å². The first kappa shape index (κ1) is 16.5. The maximum atomic E-state index is 10.8. The van der Waals surface area contributed by atoms with E-state index < -0.39 is 15.4 Å². The van der Waals surface area contributed by atoms with Gasteiger partial charge < -0.3 is 4.55 Å². The smallest absolute Gasteiger partial charge is 0.748 e. The molecule has 1 unspecified atom stereocenters. The molecule has 0 aliphatic heterocycles. The third-order valence-electron chi connectivity index (χ3n) is 3.58. The standard InChI is InChI=1S/C10H20O3S.K/c1-3-8(2)9-4-6-10(7-5-9)14(11,12)13;/h8-10H,3-7H2,1-2H3,(H,11,12,13);/q;+1/p-1. The molecule has 1 atom stereocenters. The number of hydrogen-bond donors (Lipinski definition) is 0. The molecule has 84 valence electrons. The summed E-state index contributed by atoms with van der Waals surface area (Å²) in [6.07, 6.45) is 4.09. The van der Waals surface area contributed by atoms with Gasteiger partial charge in [-0.2, -0.15) is 0 Å². The van der Waals surface area contributed by atoms with Crippen molar-refractivity contribution in [1.29, 1.82) is 0 Å². The molecule has 1 aliphatic rings. The molecule has 0 amide bonds. The van der Waals surface area contributed by atoms with Crippen molar-refractivity contribution in [2.75, 3.05) is 0 Å². The fraction of sp³-hybridized carbons (Fsp3) is 1.00. The van der Waals surface area contributed by atoms with E-state index in [2.05, 4.69) is 13.8 Å². The molecule has 0 spiro atoms. The predicted octanol–water partition coefficient (Wildman–Crippen LogP) is -0.859. The Morgan fingerprint density at radius 1 is 1.27 bits per heavy atom. The molecule has 1 saturated carbocycles. The summed E-state index contributed by atoms with van der Waals surface area (Å²) in [5.41, 5.74) is 0. The van der Waals surface area contributed by atoms with Crippen LogP contribution in [0, 0.1) is 11.8 Å². The van der Waals surface area contributed by atoms with E-state index in [-0.39, 0.29) is 51.4 Å². The summed E-state index contributed by atoms with van der Waals surface area (Å²) < 4.78 is 32.3. The maximum absolute atomic E-state index is 10.8. The summed E-state index contributed by atoms with van der Waals surface area (Å²) >= 11 is 0. The van der Waals surface area contributed by atoms with Gasteiger partial charge in [0.15, 0.2) is 0 Å². The van der Waals surface area contributed by atoms with E-state index in [0.717, 1.165) is 19.3 Å². The van der Waals surface area contributed by atoms with Crippen LogP contribution in [-0.4, -0.2) is 18.2 Å². The van der Waals surface area contributed by atoms with E-state index in [1.54, 1.807) is 0 Å². The van der Waals surface area contributed by atoms with E-state index in [1.807, 2.05) is 0 Å². The molecule has 1 fully saturated rings. The van der Waals surface area contributed by atoms with Gasteiger partial charge in [-0.25, -0.2) is 8.42 Å². The molecule has 0 aromatic heterocycles. The maximum Gasteiger partial charge on any atom is 1.00 e. The Balaban J connectivity index is 0.00000196. The van der Waals surface area contributed by atoms with Crippen molar-refractivity contribution in [3.8, 4) is 0 Å². The molecule has 0 radical (unpaired) electrons. The van der Waals surface area contributed by atoms with E-state index in [1.165, 1.54) is 0 Å². The first-order valence-corrected chi connectivity index (χ1v) is 6.87. The van der Waals surface area contributed by atoms with Gasteiger partial charge in [0.05, 0.1) is 10.1 Å². The Morgan fingerprint density at radius 2 is 1.73 bits per heavy atom. The molecule has 0 saturated heterocycles. The summed E-state index contributed by atoms with van der Waals surface area (Å²) in [5.74, 6) is 1.28. The minimum Gasteiger partial charge on any atom is -0.748 e. The van der Waals surface area contributed by atoms with Gasteiger partial charge in [-0.3, -0.25) is 0 Å². The monoisotopic (exact) mass is 258 g/mol. The van der Waals surface area contributed by atoms with Crippen LogP contribution in [0.4, 0.5) is 0 Å². The van der Waals surface area contributed by atoms with E-state index >= 15 is 0 Å². The van der Waals surface area contributed by atoms with E-state index in [0.29, 0.717) is 24.7 Å². The van der Waals surface area contributed by atoms with Crippen LogP contribution < -0.4 is 51.4 Å². The summed E-state index contributed by atoms with van der Waals surface area (Å²) in [6, 6.07) is 0. The van der Waals surface area contributed by atoms with Gasteiger partial charge >= 0.3 is 51.4 Å². The van der Waals surface area contributed by atoms with Crippen LogP contribution in [0.5, 0.6) is 0 Å². The Labute approximate surface area is 136 Å². The molecule has 0 N–H and O–H groups in total. The minimum absolute atomic E-state index is 0. The van der Waals surface area contributed by atoms with Gasteiger partial charge in [0, 0.05) is 5.25 Å². The number of rotatable bonds is 3. The van der Waals surface area contributed by atoms with E-state index in [9.17, 15) is 13.0 Å². The van der Waals surface area contributed by atoms with Gasteiger partial charge in [0.2, 0.25) is 0 Å². The summed E-state index contributed by atoms with van der Waals surface area (Å²) in [6.45, 7) is 4.36. The van der Waals surface area contributed by atoms with Gasteiger partial charge in [-0.05, 0) is 37.5 Å². The Bertz CT molecular complexity index is 268. The first-order chi connectivity index (χ1) is 6.45. The number of hydrogen-bond acceptors (Lipinski definition) is 3. The van der Waals surface area contributed by atoms with Crippen LogP contribution in [0.25, 0.3) is 0 Å². The molecular formula is C10H19KO3S. The van der Waals surface area contributed by atoms with Crippen molar-refractivity contribution in [3.05, 3.63) is 0 Å². The fourth-order valence-corrected chi connectivity index (χ4v) is 3.13. The van der Waals surface area contributed by atoms with Crippen molar-refractivity contribution in [2.45, 2.75) is 51.2 Å². The minimum atomic E-state index is -4.03. The first-order valence-electron chi connectivity index (χ1n) is 5.39. The van der Waals surface area contributed by atoms with Gasteiger partial charge in [-0.15, -0.1) is 0 Å². The zero-order valence-electron chi connectivity index (χ0n) is 9.90. The van der Waals surface area contributed by atoms with Crippen LogP contribution in [0.15, 0.2) is 0 Å². The van der Waals surface area contributed by atoms with Gasteiger partial charge in [0.25, 0.3) is 0 Å². The largest absolute Gasteiger partial charge is 1.00 e. The van der Waals surface area contributed by atoms with E-state index in [4.69, 9.17) is 0 Å². The molecule has 0 bridgehead atoms. The molecule has 5 heteroatoms. The molecule has 0 heterocycles. The Morgan fingerprint density at radius 3 is 2.07 bits per heavy atom. The van der Waals surface area contributed by atoms with Crippen LogP contribution in [-0.2, 0) is 10.1 Å². The van der Waals surface area contributed by atoms with Gasteiger partial charge in [-0.1, -0.05) is 20.3 Å². The fourth-order valence-electron chi connectivity index (χ4n) is 2.28. The molecule has 1 rings (SSSR count). The van der Waals surface area contributed by atoms with Crippen LogP contribution in [0.1, 0.15) is 46.0 Å². The van der Waals surface area contributed by atoms with Crippen LogP contribution in [0.2, 0.25) is 0 Å². The quantitative estimate of drug-likeness (QED) is 0.489. The third kappa shape index (κ3) is 5.15. The zero-order chi connectivity index (χ0) is 10.8. The molecule has 0 aromatic rings. The second-order valence-electron chi connectivity index (χ2n) is 4.42. The SMILES string of the molecule is CCC(C)C1CCC(S(=O)(=O)[O-])CC1.[K+]. The summed E-state index contributed by atoms with van der Waals surface area (Å²) in [4.78, 5) is 0.